The molecule has 3 rings (SSSR count). The molecule has 1 aromatic carbocycles. The van der Waals surface area contributed by atoms with Gasteiger partial charge >= 0.3 is 0 Å². The van der Waals surface area contributed by atoms with E-state index in [2.05, 4.69) is 0 Å². The van der Waals surface area contributed by atoms with E-state index in [1.165, 1.54) is 6.07 Å². The van der Waals surface area contributed by atoms with Crippen LogP contribution in [0.4, 0.5) is 0 Å². The van der Waals surface area contributed by atoms with Crippen molar-refractivity contribution in [2.75, 3.05) is 6.61 Å². The summed E-state index contributed by atoms with van der Waals surface area (Å²) in [5.74, 6) is -2.00. The Morgan fingerprint density at radius 3 is 2.36 bits per heavy atom. The molecule has 0 amide bonds. The van der Waals surface area contributed by atoms with Gasteiger partial charge in [-0.1, -0.05) is 30.2 Å². The lowest BCUT2D eigenvalue weighted by molar-refractivity contribution is -0.145. The molecule has 7 nitrogen and oxygen atoms in total. The summed E-state index contributed by atoms with van der Waals surface area (Å²) in [6, 6.07) is 1.26. The first-order chi connectivity index (χ1) is 15.5. The van der Waals surface area contributed by atoms with E-state index in [-0.39, 0.29) is 53.1 Å². The number of carbonyl (C=O) groups excluding carboxylic acids is 1. The number of aromatic hydroxyl groups is 2. The number of aliphatic hydroxyl groups excluding tert-OH is 1. The standard InChI is InChI=1S/C26H30O7/c1-6-11-32-26(10-9-15(4)5)22-20(13-18(28)25(26)31)33-19-12-17(27)16(8-7-14(2)3)23(29)21(19)24(22)30/h7,9,12-13,27-29H,6,8,10-11H2,1-5H3. The number of aliphatic hydroxyl groups is 1. The molecule has 176 valence electrons. The van der Waals surface area contributed by atoms with Gasteiger partial charge in [0.05, 0.1) is 5.56 Å². The molecule has 3 N–H and O–H groups in total. The van der Waals surface area contributed by atoms with E-state index in [1.54, 1.807) is 6.08 Å². The summed E-state index contributed by atoms with van der Waals surface area (Å²) in [5.41, 5.74) is -0.497. The van der Waals surface area contributed by atoms with Crippen LogP contribution in [0.5, 0.6) is 11.5 Å². The molecule has 0 saturated heterocycles. The number of Topliss-reactive ketones (excluding diaryl/α,β-unsaturated/α-hetero) is 1. The smallest absolute Gasteiger partial charge is 0.234 e. The third-order valence-corrected chi connectivity index (χ3v) is 5.60. The predicted molar refractivity (Wildman–Crippen MR) is 127 cm³/mol. The van der Waals surface area contributed by atoms with Crippen LogP contribution in [0, 0.1) is 0 Å². The van der Waals surface area contributed by atoms with Crippen molar-refractivity contribution in [1.29, 1.82) is 0 Å². The first kappa shape index (κ1) is 24.3. The Morgan fingerprint density at radius 1 is 1.09 bits per heavy atom. The molecule has 0 bridgehead atoms. The molecule has 0 aliphatic heterocycles. The lowest BCUT2D eigenvalue weighted by Gasteiger charge is -2.34. The molecule has 0 fully saturated rings. The molecule has 7 heteroatoms. The molecule has 0 spiro atoms. The van der Waals surface area contributed by atoms with Gasteiger partial charge in [0.15, 0.2) is 11.4 Å². The van der Waals surface area contributed by atoms with Crippen molar-refractivity contribution in [2.45, 2.75) is 59.5 Å². The second-order valence-corrected chi connectivity index (χ2v) is 8.77. The number of phenolic OH excluding ortho intramolecular Hbond substituents is 2. The van der Waals surface area contributed by atoms with Crippen molar-refractivity contribution in [3.8, 4) is 11.5 Å². The maximum atomic E-state index is 13.8. The van der Waals surface area contributed by atoms with Gasteiger partial charge in [-0.15, -0.1) is 0 Å². The molecule has 1 atom stereocenters. The van der Waals surface area contributed by atoms with Crippen molar-refractivity contribution in [2.24, 2.45) is 0 Å². The summed E-state index contributed by atoms with van der Waals surface area (Å²) >= 11 is 0. The second-order valence-electron chi connectivity index (χ2n) is 8.77. The quantitative estimate of drug-likeness (QED) is 0.494. The summed E-state index contributed by atoms with van der Waals surface area (Å²) in [5, 5.41) is 31.7. The zero-order valence-corrected chi connectivity index (χ0v) is 19.6. The largest absolute Gasteiger partial charge is 0.507 e. The van der Waals surface area contributed by atoms with Gasteiger partial charge < -0.3 is 24.5 Å². The molecule has 1 heterocycles. The van der Waals surface area contributed by atoms with Crippen molar-refractivity contribution in [3.05, 3.63) is 62.2 Å². The number of benzene rings is 1. The predicted octanol–water partition coefficient (Wildman–Crippen LogP) is 5.17. The van der Waals surface area contributed by atoms with Gasteiger partial charge in [0.2, 0.25) is 11.2 Å². The van der Waals surface area contributed by atoms with Crippen molar-refractivity contribution >= 4 is 22.8 Å². The molecule has 1 aliphatic rings. The Morgan fingerprint density at radius 2 is 1.76 bits per heavy atom. The van der Waals surface area contributed by atoms with Crippen LogP contribution in [0.2, 0.25) is 0 Å². The molecular formula is C26H30O7. The molecule has 33 heavy (non-hydrogen) atoms. The average Bonchev–Trinajstić information content (AvgIpc) is 2.73. The maximum Gasteiger partial charge on any atom is 0.234 e. The third kappa shape index (κ3) is 4.33. The van der Waals surface area contributed by atoms with Crippen LogP contribution in [-0.2, 0) is 21.6 Å². The fourth-order valence-electron chi connectivity index (χ4n) is 3.90. The van der Waals surface area contributed by atoms with Crippen LogP contribution in [0.3, 0.4) is 0 Å². The van der Waals surface area contributed by atoms with E-state index in [0.29, 0.717) is 6.42 Å². The van der Waals surface area contributed by atoms with Gasteiger partial charge in [-0.05, 0) is 40.5 Å². The van der Waals surface area contributed by atoms with Gasteiger partial charge in [-0.25, -0.2) is 0 Å². The lowest BCUT2D eigenvalue weighted by Crippen LogP contribution is -2.46. The van der Waals surface area contributed by atoms with Crippen molar-refractivity contribution < 1.29 is 29.3 Å². The molecular weight excluding hydrogens is 424 g/mol. The minimum atomic E-state index is -1.79. The van der Waals surface area contributed by atoms with E-state index >= 15 is 0 Å². The number of rotatable bonds is 7. The number of ether oxygens (including phenoxy) is 1. The summed E-state index contributed by atoms with van der Waals surface area (Å²) < 4.78 is 11.8. The number of allylic oxidation sites excluding steroid dienone is 3. The highest BCUT2D eigenvalue weighted by Gasteiger charge is 2.49. The molecule has 1 unspecified atom stereocenters. The van der Waals surface area contributed by atoms with Crippen LogP contribution in [0.15, 0.2) is 44.3 Å². The summed E-state index contributed by atoms with van der Waals surface area (Å²) in [7, 11) is 0. The number of fused-ring (bicyclic) bond motifs is 2. The molecule has 0 radical (unpaired) electrons. The van der Waals surface area contributed by atoms with E-state index in [4.69, 9.17) is 9.15 Å². The number of hydrogen-bond donors (Lipinski definition) is 3. The Bertz CT molecular complexity index is 1250. The van der Waals surface area contributed by atoms with Gasteiger partial charge in [-0.3, -0.25) is 9.59 Å². The average molecular weight is 455 g/mol. The number of phenols is 2. The van der Waals surface area contributed by atoms with E-state index in [1.807, 2.05) is 40.7 Å². The minimum absolute atomic E-state index is 0.0127. The van der Waals surface area contributed by atoms with Crippen LogP contribution < -0.4 is 5.43 Å². The topological polar surface area (TPSA) is 117 Å². The number of hydrogen-bond acceptors (Lipinski definition) is 7. The highest BCUT2D eigenvalue weighted by Crippen LogP contribution is 2.42. The Labute approximate surface area is 192 Å². The fraction of sp³-hybridized carbons (Fsp3) is 0.385. The zero-order chi connectivity index (χ0) is 24.5. The first-order valence-corrected chi connectivity index (χ1v) is 10.9. The van der Waals surface area contributed by atoms with Crippen LogP contribution in [-0.4, -0.2) is 27.7 Å². The van der Waals surface area contributed by atoms with Gasteiger partial charge in [0, 0.05) is 30.7 Å². The zero-order valence-electron chi connectivity index (χ0n) is 19.6. The first-order valence-electron chi connectivity index (χ1n) is 10.9. The Hall–Kier alpha value is -3.32. The second kappa shape index (κ2) is 9.27. The number of ketones is 1. The molecule has 0 saturated carbocycles. The Kier molecular flexibility index (Phi) is 6.84. The van der Waals surface area contributed by atoms with Gasteiger partial charge in [-0.2, -0.15) is 0 Å². The van der Waals surface area contributed by atoms with E-state index < -0.39 is 28.3 Å². The lowest BCUT2D eigenvalue weighted by atomic mass is 9.79. The van der Waals surface area contributed by atoms with Crippen LogP contribution >= 0.6 is 0 Å². The van der Waals surface area contributed by atoms with Gasteiger partial charge in [0.1, 0.15) is 28.2 Å². The highest BCUT2D eigenvalue weighted by molar-refractivity contribution is 6.07. The summed E-state index contributed by atoms with van der Waals surface area (Å²) in [6.45, 7) is 9.50. The summed E-state index contributed by atoms with van der Waals surface area (Å²) in [6.07, 6.45) is 5.46. The van der Waals surface area contributed by atoms with Crippen LogP contribution in [0.1, 0.15) is 64.3 Å². The van der Waals surface area contributed by atoms with Crippen LogP contribution in [0.25, 0.3) is 17.0 Å². The maximum absolute atomic E-state index is 13.8. The monoisotopic (exact) mass is 454 g/mol. The van der Waals surface area contributed by atoms with Gasteiger partial charge in [0.25, 0.3) is 0 Å². The molecule has 2 aromatic rings. The van der Waals surface area contributed by atoms with E-state index in [0.717, 1.165) is 17.2 Å². The normalized spacial score (nSPS) is 17.5. The Balaban J connectivity index is 2.41. The third-order valence-electron chi connectivity index (χ3n) is 5.60. The minimum Gasteiger partial charge on any atom is -0.507 e. The molecule has 1 aliphatic carbocycles. The van der Waals surface area contributed by atoms with Crippen molar-refractivity contribution in [1.82, 2.24) is 0 Å². The fourth-order valence-corrected chi connectivity index (χ4v) is 3.90. The van der Waals surface area contributed by atoms with Crippen molar-refractivity contribution in [3.63, 3.8) is 0 Å². The number of carbonyl (C=O) groups is 1. The highest BCUT2D eigenvalue weighted by atomic mass is 16.5. The summed E-state index contributed by atoms with van der Waals surface area (Å²) in [4.78, 5) is 27.0. The molecule has 1 aromatic heterocycles. The SMILES string of the molecule is CCCOC1(CC=C(C)C)C(=O)C(O)=Cc2oc3cc(O)c(CC=C(C)C)c(O)c3c(=O)c21. The van der Waals surface area contributed by atoms with E-state index in [9.17, 15) is 24.9 Å².